The predicted molar refractivity (Wildman–Crippen MR) is 62.1 cm³/mol. The summed E-state index contributed by atoms with van der Waals surface area (Å²) in [5.41, 5.74) is 0.963. The van der Waals surface area contributed by atoms with Gasteiger partial charge in [-0.3, -0.25) is 0 Å². The second kappa shape index (κ2) is 3.23. The molecule has 3 fully saturated rings. The van der Waals surface area contributed by atoms with E-state index in [0.717, 1.165) is 23.9 Å². The smallest absolute Gasteiger partial charge is 0.136 e. The zero-order valence-electron chi connectivity index (χ0n) is 9.50. The summed E-state index contributed by atoms with van der Waals surface area (Å²) >= 11 is 0. The fourth-order valence-corrected chi connectivity index (χ4v) is 2.88. The van der Waals surface area contributed by atoms with E-state index < -0.39 is 0 Å². The van der Waals surface area contributed by atoms with Gasteiger partial charge in [-0.25, -0.2) is 4.98 Å². The molecule has 0 spiro atoms. The van der Waals surface area contributed by atoms with Crippen LogP contribution in [0.5, 0.6) is 5.75 Å². The first kappa shape index (κ1) is 9.48. The number of rotatable bonds is 3. The van der Waals surface area contributed by atoms with E-state index in [1.54, 1.807) is 6.20 Å². The lowest BCUT2D eigenvalue weighted by molar-refractivity contribution is -0.0358. The maximum absolute atomic E-state index is 5.83. The largest absolute Gasteiger partial charge is 0.489 e. The minimum Gasteiger partial charge on any atom is -0.489 e. The molecule has 88 valence electrons. The van der Waals surface area contributed by atoms with Crippen LogP contribution in [0.2, 0.25) is 0 Å². The zero-order chi connectivity index (χ0) is 11.3. The second-order valence-electron chi connectivity index (χ2n) is 5.11. The van der Waals surface area contributed by atoms with E-state index in [4.69, 9.17) is 9.47 Å². The molecule has 17 heavy (non-hydrogen) atoms. The Labute approximate surface area is 99.2 Å². The third-order valence-electron chi connectivity index (χ3n) is 3.81. The Balaban J connectivity index is 1.51. The van der Waals surface area contributed by atoms with Crippen LogP contribution < -0.4 is 4.74 Å². The Morgan fingerprint density at radius 2 is 2.41 bits per heavy atom. The highest BCUT2D eigenvalue weighted by atomic mass is 16.6. The van der Waals surface area contributed by atoms with E-state index in [-0.39, 0.29) is 5.60 Å². The Morgan fingerprint density at radius 3 is 3.24 bits per heavy atom. The minimum absolute atomic E-state index is 0.0224. The van der Waals surface area contributed by atoms with E-state index in [1.165, 1.54) is 12.8 Å². The highest BCUT2D eigenvalue weighted by Crippen LogP contribution is 2.48. The highest BCUT2D eigenvalue weighted by molar-refractivity contribution is 5.41. The van der Waals surface area contributed by atoms with Gasteiger partial charge in [0.1, 0.15) is 23.6 Å². The maximum Gasteiger partial charge on any atom is 0.136 e. The summed E-state index contributed by atoms with van der Waals surface area (Å²) in [4.78, 5) is 4.20. The summed E-state index contributed by atoms with van der Waals surface area (Å²) in [5.74, 6) is 1.67. The summed E-state index contributed by atoms with van der Waals surface area (Å²) < 4.78 is 13.6. The van der Waals surface area contributed by atoms with E-state index in [2.05, 4.69) is 4.98 Å². The number of ether oxygens (including phenoxy) is 2. The highest BCUT2D eigenvalue weighted by Gasteiger charge is 2.52. The van der Waals surface area contributed by atoms with Crippen molar-refractivity contribution in [3.63, 3.8) is 0 Å². The van der Waals surface area contributed by atoms with Crippen LogP contribution in [-0.4, -0.2) is 28.2 Å². The molecule has 2 aromatic heterocycles. The third-order valence-corrected chi connectivity index (χ3v) is 3.81. The van der Waals surface area contributed by atoms with Gasteiger partial charge in [0.25, 0.3) is 0 Å². The van der Waals surface area contributed by atoms with Crippen LogP contribution in [0.15, 0.2) is 30.7 Å². The van der Waals surface area contributed by atoms with Crippen LogP contribution in [0.25, 0.3) is 5.65 Å². The first-order valence-electron chi connectivity index (χ1n) is 6.03. The van der Waals surface area contributed by atoms with Gasteiger partial charge in [-0.1, -0.05) is 0 Å². The van der Waals surface area contributed by atoms with Crippen LogP contribution in [0, 0.1) is 5.92 Å². The minimum atomic E-state index is 0.0224. The molecule has 0 N–H and O–H groups in total. The van der Waals surface area contributed by atoms with Gasteiger partial charge in [0.2, 0.25) is 0 Å². The molecule has 2 aliphatic heterocycles. The topological polar surface area (TPSA) is 35.8 Å². The van der Waals surface area contributed by atoms with Crippen molar-refractivity contribution in [1.29, 1.82) is 0 Å². The lowest BCUT2D eigenvalue weighted by Gasteiger charge is -2.35. The molecule has 5 rings (SSSR count). The van der Waals surface area contributed by atoms with Gasteiger partial charge in [0.05, 0.1) is 12.8 Å². The molecular weight excluding hydrogens is 216 g/mol. The standard InChI is InChI=1S/C13H14N2O2/c1-2-12-14-3-4-15(12)7-11(1)16-9-13-5-10(6-13)8-17-13/h1-4,7,10H,5-6,8-9H2. The van der Waals surface area contributed by atoms with Gasteiger partial charge in [-0.05, 0) is 30.9 Å². The molecule has 3 aliphatic rings. The first-order valence-corrected chi connectivity index (χ1v) is 6.03. The molecular formula is C13H14N2O2. The van der Waals surface area contributed by atoms with E-state index in [9.17, 15) is 0 Å². The predicted octanol–water partition coefficient (Wildman–Crippen LogP) is 1.89. The molecule has 2 aromatic rings. The van der Waals surface area contributed by atoms with Crippen LogP contribution >= 0.6 is 0 Å². The maximum atomic E-state index is 5.83. The number of fused-ring (bicyclic) bond motifs is 2. The fraction of sp³-hybridized carbons (Fsp3) is 0.462. The van der Waals surface area contributed by atoms with E-state index >= 15 is 0 Å². The van der Waals surface area contributed by atoms with Crippen molar-refractivity contribution in [2.24, 2.45) is 5.92 Å². The van der Waals surface area contributed by atoms with Crippen LogP contribution in [-0.2, 0) is 4.74 Å². The number of aromatic nitrogens is 2. The zero-order valence-corrected chi connectivity index (χ0v) is 9.50. The quantitative estimate of drug-likeness (QED) is 0.807. The van der Waals surface area contributed by atoms with Gasteiger partial charge in [0, 0.05) is 12.4 Å². The van der Waals surface area contributed by atoms with Crippen LogP contribution in [0.1, 0.15) is 12.8 Å². The molecule has 1 saturated carbocycles. The number of hydrogen-bond donors (Lipinski definition) is 0. The fourth-order valence-electron chi connectivity index (χ4n) is 2.88. The van der Waals surface area contributed by atoms with Gasteiger partial charge in [-0.15, -0.1) is 0 Å². The summed E-state index contributed by atoms with van der Waals surface area (Å²) in [6, 6.07) is 3.93. The van der Waals surface area contributed by atoms with Crippen LogP contribution in [0.4, 0.5) is 0 Å². The summed E-state index contributed by atoms with van der Waals surface area (Å²) in [6.45, 7) is 1.59. The Hall–Kier alpha value is -1.55. The van der Waals surface area contributed by atoms with Crippen LogP contribution in [0.3, 0.4) is 0 Å². The van der Waals surface area contributed by atoms with Gasteiger partial charge in [0.15, 0.2) is 0 Å². The normalized spacial score (nSPS) is 30.5. The molecule has 0 unspecified atom stereocenters. The molecule has 4 nitrogen and oxygen atoms in total. The molecule has 0 amide bonds. The van der Waals surface area contributed by atoms with Gasteiger partial charge in [-0.2, -0.15) is 0 Å². The van der Waals surface area contributed by atoms with Crippen molar-refractivity contribution in [3.05, 3.63) is 30.7 Å². The monoisotopic (exact) mass is 230 g/mol. The van der Waals surface area contributed by atoms with Crippen molar-refractivity contribution >= 4 is 5.65 Å². The molecule has 0 radical (unpaired) electrons. The van der Waals surface area contributed by atoms with E-state index in [1.807, 2.05) is 28.9 Å². The average Bonchev–Trinajstić information content (AvgIpc) is 3.00. The molecule has 4 heteroatoms. The molecule has 0 aromatic carbocycles. The molecule has 2 bridgehead atoms. The Bertz CT molecular complexity index is 552. The SMILES string of the molecule is c1cn2cc(OCC34CC(CO3)C4)ccc2n1. The van der Waals surface area contributed by atoms with Crippen molar-refractivity contribution < 1.29 is 9.47 Å². The number of imidazole rings is 1. The van der Waals surface area contributed by atoms with Crippen molar-refractivity contribution in [3.8, 4) is 5.75 Å². The average molecular weight is 230 g/mol. The lowest BCUT2D eigenvalue weighted by atomic mass is 9.75. The summed E-state index contributed by atoms with van der Waals surface area (Å²) in [6.07, 6.45) is 8.01. The van der Waals surface area contributed by atoms with Crippen molar-refractivity contribution in [2.45, 2.75) is 18.4 Å². The number of pyridine rings is 1. The first-order chi connectivity index (χ1) is 8.33. The summed E-state index contributed by atoms with van der Waals surface area (Å²) in [7, 11) is 0. The molecule has 4 heterocycles. The number of nitrogens with zero attached hydrogens (tertiary/aromatic N) is 2. The lowest BCUT2D eigenvalue weighted by Crippen LogP contribution is -2.42. The Kier molecular flexibility index (Phi) is 1.80. The van der Waals surface area contributed by atoms with Gasteiger partial charge < -0.3 is 13.9 Å². The molecule has 2 saturated heterocycles. The number of hydrogen-bond acceptors (Lipinski definition) is 3. The van der Waals surface area contributed by atoms with Crippen molar-refractivity contribution in [2.75, 3.05) is 13.2 Å². The molecule has 1 aliphatic carbocycles. The third kappa shape index (κ3) is 1.44. The van der Waals surface area contributed by atoms with Crippen molar-refractivity contribution in [1.82, 2.24) is 9.38 Å². The summed E-state index contributed by atoms with van der Waals surface area (Å²) in [5, 5.41) is 0. The van der Waals surface area contributed by atoms with Gasteiger partial charge >= 0.3 is 0 Å². The van der Waals surface area contributed by atoms with E-state index in [0.29, 0.717) is 6.61 Å². The second-order valence-corrected chi connectivity index (χ2v) is 5.11. The molecule has 0 atom stereocenters. The Morgan fingerprint density at radius 1 is 1.47 bits per heavy atom.